The van der Waals surface area contributed by atoms with Crippen LogP contribution in [0, 0.1) is 6.92 Å². The van der Waals surface area contributed by atoms with Gasteiger partial charge >= 0.3 is 0 Å². The molecule has 1 aromatic carbocycles. The molecule has 2 amide bonds. The Hall–Kier alpha value is -2.02. The maximum Gasteiger partial charge on any atom is 0.259 e. The summed E-state index contributed by atoms with van der Waals surface area (Å²) >= 11 is 6.06. The first-order valence-corrected chi connectivity index (χ1v) is 9.01. The van der Waals surface area contributed by atoms with Gasteiger partial charge in [-0.1, -0.05) is 11.6 Å². The summed E-state index contributed by atoms with van der Waals surface area (Å²) in [6.45, 7) is 4.67. The Labute approximate surface area is 169 Å². The lowest BCUT2D eigenvalue weighted by molar-refractivity contribution is 0.0926. The van der Waals surface area contributed by atoms with Crippen molar-refractivity contribution in [1.82, 2.24) is 10.6 Å². The molecule has 1 fully saturated rings. The van der Waals surface area contributed by atoms with Gasteiger partial charge in [0.15, 0.2) is 0 Å². The van der Waals surface area contributed by atoms with Crippen molar-refractivity contribution in [3.63, 3.8) is 0 Å². The second-order valence-corrected chi connectivity index (χ2v) is 7.02. The van der Waals surface area contributed by atoms with Gasteiger partial charge in [-0.2, -0.15) is 0 Å². The first-order valence-electron chi connectivity index (χ1n) is 8.63. The maximum absolute atomic E-state index is 12.7. The minimum atomic E-state index is -0.344. The smallest absolute Gasteiger partial charge is 0.259 e. The minimum absolute atomic E-state index is 0. The molecule has 0 aliphatic carbocycles. The van der Waals surface area contributed by atoms with Gasteiger partial charge in [0, 0.05) is 17.1 Å². The molecule has 3 rings (SSSR count). The van der Waals surface area contributed by atoms with Crippen molar-refractivity contribution < 1.29 is 14.0 Å². The van der Waals surface area contributed by atoms with Crippen molar-refractivity contribution in [1.29, 1.82) is 0 Å². The number of carbonyl (C=O) groups excluding carboxylic acids is 2. The molecule has 1 aliphatic heterocycles. The van der Waals surface area contributed by atoms with E-state index in [-0.39, 0.29) is 30.3 Å². The van der Waals surface area contributed by atoms with Crippen LogP contribution in [0.5, 0.6) is 0 Å². The highest BCUT2D eigenvalue weighted by atomic mass is 35.5. The van der Waals surface area contributed by atoms with Gasteiger partial charge < -0.3 is 20.4 Å². The average Bonchev–Trinajstić information content (AvgIpc) is 3.01. The van der Waals surface area contributed by atoms with E-state index in [9.17, 15) is 9.59 Å². The normalized spacial score (nSPS) is 19.1. The standard InChI is InChI=1S/C19H22ClN3O3.ClH/c1-11-9-14(5-7-21-11)22-19(25)16-4-3-13(20)10-17(16)23-18(24)15-6-8-26-12(15)2;/h3-4,6,8,10-11,14,21H,5,7,9H2,1-2H3,(H,22,25)(H,23,24);1H. The molecule has 6 nitrogen and oxygen atoms in total. The van der Waals surface area contributed by atoms with Gasteiger partial charge in [0.05, 0.1) is 23.1 Å². The molecule has 2 unspecified atom stereocenters. The Bertz CT molecular complexity index is 822. The third-order valence-corrected chi connectivity index (χ3v) is 4.77. The zero-order chi connectivity index (χ0) is 18.7. The molecule has 0 saturated carbocycles. The lowest BCUT2D eigenvalue weighted by Gasteiger charge is -2.28. The second kappa shape index (κ2) is 9.26. The number of anilines is 1. The molecule has 2 aromatic rings. The molecule has 146 valence electrons. The third-order valence-electron chi connectivity index (χ3n) is 4.54. The van der Waals surface area contributed by atoms with E-state index in [0.29, 0.717) is 33.6 Å². The first-order chi connectivity index (χ1) is 12.4. The monoisotopic (exact) mass is 411 g/mol. The Kier molecular flexibility index (Phi) is 7.30. The predicted molar refractivity (Wildman–Crippen MR) is 108 cm³/mol. The number of halogens is 2. The fourth-order valence-electron chi connectivity index (χ4n) is 3.15. The lowest BCUT2D eigenvalue weighted by atomic mass is 10.00. The summed E-state index contributed by atoms with van der Waals surface area (Å²) in [5.41, 5.74) is 1.18. The van der Waals surface area contributed by atoms with E-state index in [0.717, 1.165) is 19.4 Å². The van der Waals surface area contributed by atoms with Crippen LogP contribution in [0.4, 0.5) is 5.69 Å². The van der Waals surface area contributed by atoms with Gasteiger partial charge in [0.25, 0.3) is 11.8 Å². The SMILES string of the molecule is Cc1occc1C(=O)Nc1cc(Cl)ccc1C(=O)NC1CCNC(C)C1.Cl. The number of benzene rings is 1. The predicted octanol–water partition coefficient (Wildman–Crippen LogP) is 3.79. The van der Waals surface area contributed by atoms with Crippen molar-refractivity contribution in [2.24, 2.45) is 0 Å². The summed E-state index contributed by atoms with van der Waals surface area (Å²) in [5.74, 6) is -0.0535. The Morgan fingerprint density at radius 3 is 2.67 bits per heavy atom. The van der Waals surface area contributed by atoms with E-state index in [2.05, 4.69) is 22.9 Å². The van der Waals surface area contributed by atoms with Crippen LogP contribution in [0.25, 0.3) is 0 Å². The van der Waals surface area contributed by atoms with Crippen LogP contribution >= 0.6 is 24.0 Å². The van der Waals surface area contributed by atoms with Crippen molar-refractivity contribution in [3.05, 3.63) is 52.4 Å². The van der Waals surface area contributed by atoms with Gasteiger partial charge in [-0.15, -0.1) is 12.4 Å². The summed E-state index contributed by atoms with van der Waals surface area (Å²) in [7, 11) is 0. The molecule has 1 aliphatic rings. The molecule has 27 heavy (non-hydrogen) atoms. The number of amides is 2. The van der Waals surface area contributed by atoms with E-state index in [1.165, 1.54) is 6.26 Å². The fourth-order valence-corrected chi connectivity index (χ4v) is 3.33. The summed E-state index contributed by atoms with van der Waals surface area (Å²) in [5, 5.41) is 9.62. The number of furan rings is 1. The molecule has 1 saturated heterocycles. The Morgan fingerprint density at radius 2 is 2.00 bits per heavy atom. The molecule has 2 atom stereocenters. The van der Waals surface area contributed by atoms with Crippen LogP contribution in [0.2, 0.25) is 5.02 Å². The maximum atomic E-state index is 12.7. The quantitative estimate of drug-likeness (QED) is 0.714. The van der Waals surface area contributed by atoms with Crippen LogP contribution in [-0.2, 0) is 0 Å². The zero-order valence-electron chi connectivity index (χ0n) is 15.2. The van der Waals surface area contributed by atoms with E-state index in [1.807, 2.05) is 0 Å². The molecular weight excluding hydrogens is 389 g/mol. The number of aryl methyl sites for hydroxylation is 1. The van der Waals surface area contributed by atoms with Gasteiger partial charge in [-0.05, 0) is 57.5 Å². The summed E-state index contributed by atoms with van der Waals surface area (Å²) in [6, 6.07) is 6.90. The minimum Gasteiger partial charge on any atom is -0.469 e. The highest BCUT2D eigenvalue weighted by molar-refractivity contribution is 6.31. The first kappa shape index (κ1) is 21.3. The molecule has 0 radical (unpaired) electrons. The largest absolute Gasteiger partial charge is 0.469 e. The van der Waals surface area contributed by atoms with Crippen molar-refractivity contribution >= 4 is 41.5 Å². The van der Waals surface area contributed by atoms with Gasteiger partial charge in [-0.25, -0.2) is 0 Å². The molecule has 3 N–H and O–H groups in total. The Morgan fingerprint density at radius 1 is 1.22 bits per heavy atom. The number of hydrogen-bond donors (Lipinski definition) is 3. The molecule has 8 heteroatoms. The van der Waals surface area contributed by atoms with Crippen LogP contribution in [0.3, 0.4) is 0 Å². The van der Waals surface area contributed by atoms with Crippen LogP contribution < -0.4 is 16.0 Å². The summed E-state index contributed by atoms with van der Waals surface area (Å²) < 4.78 is 5.16. The number of hydrogen-bond acceptors (Lipinski definition) is 4. The van der Waals surface area contributed by atoms with E-state index < -0.39 is 0 Å². The number of rotatable bonds is 4. The van der Waals surface area contributed by atoms with Crippen molar-refractivity contribution in [2.45, 2.75) is 38.8 Å². The van der Waals surface area contributed by atoms with Crippen LogP contribution in [0.15, 0.2) is 34.9 Å². The van der Waals surface area contributed by atoms with E-state index in [4.69, 9.17) is 16.0 Å². The van der Waals surface area contributed by atoms with E-state index >= 15 is 0 Å². The molecule has 0 spiro atoms. The van der Waals surface area contributed by atoms with Crippen LogP contribution in [0.1, 0.15) is 46.2 Å². The topological polar surface area (TPSA) is 83.4 Å². The summed E-state index contributed by atoms with van der Waals surface area (Å²) in [4.78, 5) is 25.2. The molecular formula is C19H23Cl2N3O3. The van der Waals surface area contributed by atoms with Gasteiger partial charge in [-0.3, -0.25) is 9.59 Å². The highest BCUT2D eigenvalue weighted by Gasteiger charge is 2.22. The summed E-state index contributed by atoms with van der Waals surface area (Å²) in [6.07, 6.45) is 3.20. The zero-order valence-corrected chi connectivity index (χ0v) is 16.7. The Balaban J connectivity index is 0.00000261. The average molecular weight is 412 g/mol. The molecule has 0 bridgehead atoms. The van der Waals surface area contributed by atoms with Crippen LogP contribution in [-0.4, -0.2) is 30.4 Å². The molecule has 1 aromatic heterocycles. The second-order valence-electron chi connectivity index (χ2n) is 6.58. The highest BCUT2D eigenvalue weighted by Crippen LogP contribution is 2.23. The van der Waals surface area contributed by atoms with Crippen molar-refractivity contribution in [3.8, 4) is 0 Å². The van der Waals surface area contributed by atoms with E-state index in [1.54, 1.807) is 31.2 Å². The number of nitrogens with one attached hydrogen (secondary N) is 3. The van der Waals surface area contributed by atoms with Crippen molar-refractivity contribution in [2.75, 3.05) is 11.9 Å². The fraction of sp³-hybridized carbons (Fsp3) is 0.368. The lowest BCUT2D eigenvalue weighted by Crippen LogP contribution is -2.46. The molecule has 2 heterocycles. The van der Waals surface area contributed by atoms with Gasteiger partial charge in [0.1, 0.15) is 5.76 Å². The number of piperidine rings is 1. The van der Waals surface area contributed by atoms with Gasteiger partial charge in [0.2, 0.25) is 0 Å². The third kappa shape index (κ3) is 5.25. The number of carbonyl (C=O) groups is 2.